The van der Waals surface area contributed by atoms with Crippen LogP contribution in [0.2, 0.25) is 39.3 Å². The fourth-order valence-electron chi connectivity index (χ4n) is 1.41. The third-order valence-corrected chi connectivity index (χ3v) is 2.56. The van der Waals surface area contributed by atoms with Crippen molar-refractivity contribution in [3.05, 3.63) is 35.9 Å². The van der Waals surface area contributed by atoms with Crippen LogP contribution in [0.15, 0.2) is 16.7 Å². The van der Waals surface area contributed by atoms with Crippen LogP contribution in [0.25, 0.3) is 0 Å². The van der Waals surface area contributed by atoms with Crippen LogP contribution in [0, 0.1) is 24.6 Å². The van der Waals surface area contributed by atoms with E-state index in [4.69, 9.17) is 0 Å². The molecule has 1 rings (SSSR count). The van der Waals surface area contributed by atoms with Crippen molar-refractivity contribution in [2.24, 2.45) is 5.41 Å². The quantitative estimate of drug-likeness (QED) is 0.344. The molecule has 0 aliphatic heterocycles. The number of rotatable bonds is 0. The van der Waals surface area contributed by atoms with Gasteiger partial charge in [0, 0.05) is 0 Å². The van der Waals surface area contributed by atoms with Gasteiger partial charge in [0.1, 0.15) is 0 Å². The zero-order chi connectivity index (χ0) is 16.9. The Morgan fingerprint density at radius 3 is 1.10 bits per heavy atom. The molecule has 120 valence electrons. The van der Waals surface area contributed by atoms with Crippen LogP contribution in [0.5, 0.6) is 0 Å². The Hall–Kier alpha value is 0.784. The minimum Gasteiger partial charge on any atom is -0.342 e. The molecule has 0 bridgehead atoms. The van der Waals surface area contributed by atoms with Gasteiger partial charge in [-0.2, -0.15) is 11.1 Å². The Morgan fingerprint density at radius 2 is 1.05 bits per heavy atom. The molecule has 0 unspecified atom stereocenters. The summed E-state index contributed by atoms with van der Waals surface area (Å²) in [7, 11) is -1.72. The maximum Gasteiger partial charge on any atom is 3.00 e. The maximum atomic E-state index is 3.91. The van der Waals surface area contributed by atoms with Crippen molar-refractivity contribution in [2.75, 3.05) is 0 Å². The predicted molar refractivity (Wildman–Crippen MR) is 102 cm³/mol. The summed E-state index contributed by atoms with van der Waals surface area (Å²) in [6, 6.07) is 0. The summed E-state index contributed by atoms with van der Waals surface area (Å²) < 4.78 is 0. The van der Waals surface area contributed by atoms with Gasteiger partial charge in [-0.05, 0) is 0 Å². The van der Waals surface area contributed by atoms with E-state index in [1.54, 1.807) is 0 Å². The Kier molecular flexibility index (Phi) is 12.5. The van der Waals surface area contributed by atoms with E-state index in [0.29, 0.717) is 0 Å². The van der Waals surface area contributed by atoms with Gasteiger partial charge in [-0.25, -0.2) is 5.57 Å². The van der Waals surface area contributed by atoms with E-state index >= 15 is 0 Å². The molecule has 1 aliphatic carbocycles. The molecule has 0 aromatic rings. The SMILES string of the molecule is CC1=[C-]C(C)(C)C(C)=C1C.[CH2-][Si](C)(C)C.[CH2-][Si](C)(C)C.[Sc+3]. The van der Waals surface area contributed by atoms with Crippen LogP contribution in [0.4, 0.5) is 0 Å². The third kappa shape index (κ3) is 18.7. The normalized spacial score (nSPS) is 16.9. The monoisotopic (exact) mass is 354 g/mol. The summed E-state index contributed by atoms with van der Waals surface area (Å²) in [5, 5.41) is 0. The van der Waals surface area contributed by atoms with E-state index in [1.807, 2.05) is 0 Å². The predicted octanol–water partition coefficient (Wildman–Crippen LogP) is 6.51. The molecule has 0 atom stereocenters. The first kappa shape index (κ1) is 26.7. The zero-order valence-corrected chi connectivity index (χ0v) is 20.3. The molecule has 0 saturated heterocycles. The van der Waals surface area contributed by atoms with Gasteiger partial charge in [-0.3, -0.25) is 6.08 Å². The molecule has 0 aromatic heterocycles. The van der Waals surface area contributed by atoms with Gasteiger partial charge < -0.3 is 13.1 Å². The minimum atomic E-state index is -0.861. The molecule has 0 fully saturated rings. The zero-order valence-electron chi connectivity index (χ0n) is 16.5. The van der Waals surface area contributed by atoms with Crippen LogP contribution < -0.4 is 0 Å². The van der Waals surface area contributed by atoms with Crippen molar-refractivity contribution in [1.82, 2.24) is 0 Å². The molecule has 0 nitrogen and oxygen atoms in total. The number of hydrogen-bond donors (Lipinski definition) is 0. The first-order valence-corrected chi connectivity index (χ1v) is 14.9. The summed E-state index contributed by atoms with van der Waals surface area (Å²) in [4.78, 5) is 0. The van der Waals surface area contributed by atoms with Crippen LogP contribution in [0.3, 0.4) is 0 Å². The van der Waals surface area contributed by atoms with Gasteiger partial charge in [0.05, 0.1) is 0 Å². The van der Waals surface area contributed by atoms with Gasteiger partial charge in [-0.15, -0.1) is 23.1 Å². The van der Waals surface area contributed by atoms with E-state index in [1.165, 1.54) is 16.7 Å². The Bertz CT molecular complexity index is 340. The maximum absolute atomic E-state index is 3.91. The standard InChI is InChI=1S/C10H15.2C4H11Si.Sc/c1-7-6-10(4,5)9(3)8(7)2;2*1-5(2,3)4;/h1-5H3;2*1H2,2-4H3;/q3*-1;+3. The molecule has 0 amide bonds. The van der Waals surface area contributed by atoms with Crippen molar-refractivity contribution < 1.29 is 25.8 Å². The van der Waals surface area contributed by atoms with E-state index < -0.39 is 16.1 Å². The van der Waals surface area contributed by atoms with Crippen LogP contribution in [-0.2, 0) is 25.8 Å². The average Bonchev–Trinajstić information content (AvgIpc) is 2.23. The first-order valence-electron chi connectivity index (χ1n) is 7.46. The first-order chi connectivity index (χ1) is 8.45. The summed E-state index contributed by atoms with van der Waals surface area (Å²) >= 11 is 0. The molecule has 0 saturated carbocycles. The van der Waals surface area contributed by atoms with Gasteiger partial charge in [0.2, 0.25) is 0 Å². The topological polar surface area (TPSA) is 0 Å². The van der Waals surface area contributed by atoms with E-state index in [9.17, 15) is 0 Å². The van der Waals surface area contributed by atoms with Crippen molar-refractivity contribution in [3.63, 3.8) is 0 Å². The summed E-state index contributed by atoms with van der Waals surface area (Å²) in [5.41, 5.74) is 4.39. The van der Waals surface area contributed by atoms with E-state index in [0.717, 1.165) is 0 Å². The van der Waals surface area contributed by atoms with Gasteiger partial charge in [-0.1, -0.05) is 72.4 Å². The molecular formula is C18H37ScSi2. The summed E-state index contributed by atoms with van der Waals surface area (Å²) in [6.07, 6.45) is 3.44. The molecule has 1 aliphatic rings. The third-order valence-electron chi connectivity index (χ3n) is 2.56. The van der Waals surface area contributed by atoms with Gasteiger partial charge in [0.25, 0.3) is 0 Å². The minimum absolute atomic E-state index is 0. The van der Waals surface area contributed by atoms with Crippen molar-refractivity contribution in [2.45, 2.75) is 73.9 Å². The Morgan fingerprint density at radius 1 is 0.810 bits per heavy atom. The van der Waals surface area contributed by atoms with Crippen LogP contribution in [0.1, 0.15) is 34.6 Å². The number of hydrogen-bond acceptors (Lipinski definition) is 0. The van der Waals surface area contributed by atoms with E-state index in [-0.39, 0.29) is 31.3 Å². The fraction of sp³-hybridized carbons (Fsp3) is 0.667. The van der Waals surface area contributed by atoms with Crippen molar-refractivity contribution in [3.8, 4) is 0 Å². The molecule has 0 spiro atoms. The second-order valence-corrected chi connectivity index (χ2v) is 19.0. The van der Waals surface area contributed by atoms with Crippen LogP contribution >= 0.6 is 0 Å². The van der Waals surface area contributed by atoms with Crippen molar-refractivity contribution >= 4 is 16.1 Å². The summed E-state index contributed by atoms with van der Waals surface area (Å²) in [5.74, 6) is 0. The van der Waals surface area contributed by atoms with Gasteiger partial charge >= 0.3 is 25.8 Å². The fourth-order valence-corrected chi connectivity index (χ4v) is 1.41. The van der Waals surface area contributed by atoms with Crippen molar-refractivity contribution in [1.29, 1.82) is 0 Å². The molecule has 0 radical (unpaired) electrons. The Balaban J connectivity index is -0.000000254. The molecular weight excluding hydrogens is 317 g/mol. The van der Waals surface area contributed by atoms with E-state index in [2.05, 4.69) is 93.1 Å². The largest absolute Gasteiger partial charge is 3.00 e. The second-order valence-electron chi connectivity index (χ2n) is 8.75. The second kappa shape index (κ2) is 9.82. The molecule has 3 heteroatoms. The summed E-state index contributed by atoms with van der Waals surface area (Å²) in [6.45, 7) is 32.0. The molecule has 0 N–H and O–H groups in total. The smallest absolute Gasteiger partial charge is 0.342 e. The molecule has 0 heterocycles. The molecule has 0 aromatic carbocycles. The van der Waals surface area contributed by atoms with Crippen LogP contribution in [-0.4, -0.2) is 16.1 Å². The Labute approximate surface area is 156 Å². The van der Waals surface area contributed by atoms with Gasteiger partial charge in [0.15, 0.2) is 0 Å². The number of allylic oxidation sites excluding steroid dienone is 4. The average molecular weight is 355 g/mol. The molecule has 21 heavy (non-hydrogen) atoms.